The van der Waals surface area contributed by atoms with Crippen molar-refractivity contribution in [2.75, 3.05) is 31.5 Å². The van der Waals surface area contributed by atoms with Crippen molar-refractivity contribution >= 4 is 49.7 Å². The first-order chi connectivity index (χ1) is 26.8. The third-order valence-corrected chi connectivity index (χ3v) is 11.8. The lowest BCUT2D eigenvalue weighted by Crippen LogP contribution is -2.45. The van der Waals surface area contributed by atoms with Gasteiger partial charge in [0.1, 0.15) is 22.2 Å². The molecule has 16 nitrogen and oxygen atoms in total. The van der Waals surface area contributed by atoms with E-state index in [2.05, 4.69) is 43.0 Å². The van der Waals surface area contributed by atoms with Crippen molar-refractivity contribution in [1.29, 1.82) is 0 Å². The second-order valence-corrected chi connectivity index (χ2v) is 22.0. The normalized spacial score (nSPS) is 18.6. The maximum atomic E-state index is 12.5. The predicted octanol–water partition coefficient (Wildman–Crippen LogP) is 7.35. The van der Waals surface area contributed by atoms with Crippen molar-refractivity contribution in [3.63, 3.8) is 0 Å². The van der Waals surface area contributed by atoms with Gasteiger partial charge in [-0.3, -0.25) is 0 Å². The number of ether oxygens (including phenoxy) is 2. The van der Waals surface area contributed by atoms with Crippen LogP contribution < -0.4 is 21.3 Å². The molecule has 0 aromatic carbocycles. The molecule has 2 saturated heterocycles. The number of carbonyl (C=O) groups excluding carboxylic acids is 2. The summed E-state index contributed by atoms with van der Waals surface area (Å²) in [6, 6.07) is 6.49. The highest BCUT2D eigenvalue weighted by atomic mass is 35.5. The van der Waals surface area contributed by atoms with Gasteiger partial charge >= 0.3 is 12.2 Å². The number of amides is 2. The number of sulfonamides is 2. The Morgan fingerprint density at radius 3 is 1.55 bits per heavy atom. The standard InChI is InChI=1S/C20H34N4O4S.C14H28N2O2.C6H7ClN2O2S.CH4/c1-14-9-10-16(23-17(14)29(21,26)27)22-11-7-8-15-12-20(5,6)24(13-15)18(25)28-19(2,3)4;1-13(2,3)18-12(17)16-10-11(7-6-8-15)9-14(16,4)5;1-4-2-3-5(7)9-6(4)12(8,10)11;/h9-10,15H,7-8,11-13H2,1-6H3,(H,22,23)(H2,21,26,27);11H,6-10,15H2,1-5H3;2-3H,1H3,(H2,8,10,11);1H4. The fourth-order valence-electron chi connectivity index (χ4n) is 7.12. The Morgan fingerprint density at radius 1 is 0.767 bits per heavy atom. The molecule has 0 aliphatic carbocycles. The lowest BCUT2D eigenvalue weighted by Gasteiger charge is -2.33. The molecule has 0 saturated carbocycles. The molecule has 4 heterocycles. The van der Waals surface area contributed by atoms with Crippen LogP contribution in [0.3, 0.4) is 0 Å². The van der Waals surface area contributed by atoms with Gasteiger partial charge in [0.05, 0.1) is 0 Å². The van der Waals surface area contributed by atoms with Crippen molar-refractivity contribution in [1.82, 2.24) is 19.8 Å². The molecular formula is C41H73ClN8O8S2. The Balaban J connectivity index is 0.000000494. The molecule has 2 aliphatic rings. The van der Waals surface area contributed by atoms with Gasteiger partial charge in [-0.2, -0.15) is 0 Å². The monoisotopic (exact) mass is 904 g/mol. The Labute approximate surface area is 365 Å². The van der Waals surface area contributed by atoms with E-state index in [1.54, 1.807) is 32.0 Å². The van der Waals surface area contributed by atoms with E-state index in [-0.39, 0.29) is 45.9 Å². The van der Waals surface area contributed by atoms with Gasteiger partial charge < -0.3 is 30.3 Å². The second-order valence-electron chi connectivity index (χ2n) is 18.6. The van der Waals surface area contributed by atoms with Gasteiger partial charge in [0.25, 0.3) is 20.0 Å². The van der Waals surface area contributed by atoms with Crippen LogP contribution in [-0.2, 0) is 29.5 Å². The number of likely N-dealkylation sites (tertiary alicyclic amines) is 2. The zero-order chi connectivity index (χ0) is 45.4. The van der Waals surface area contributed by atoms with E-state index in [1.807, 2.05) is 51.3 Å². The first-order valence-corrected chi connectivity index (χ1v) is 23.3. The number of nitrogens with two attached hydrogens (primary N) is 3. The van der Waals surface area contributed by atoms with Gasteiger partial charge in [-0.05, 0) is 163 Å². The maximum absolute atomic E-state index is 12.5. The van der Waals surface area contributed by atoms with Crippen LogP contribution in [0.1, 0.15) is 126 Å². The fraction of sp³-hybridized carbons (Fsp3) is 0.707. The van der Waals surface area contributed by atoms with E-state index in [1.165, 1.54) is 6.07 Å². The van der Waals surface area contributed by atoms with Crippen LogP contribution in [0.5, 0.6) is 0 Å². The van der Waals surface area contributed by atoms with Crippen molar-refractivity contribution in [3.05, 3.63) is 40.5 Å². The zero-order valence-corrected chi connectivity index (χ0v) is 39.4. The lowest BCUT2D eigenvalue weighted by atomic mass is 9.93. The molecule has 0 spiro atoms. The van der Waals surface area contributed by atoms with Gasteiger partial charge in [0.2, 0.25) is 0 Å². The van der Waals surface area contributed by atoms with Crippen LogP contribution >= 0.6 is 11.6 Å². The van der Waals surface area contributed by atoms with Gasteiger partial charge in [0, 0.05) is 30.7 Å². The number of aromatic nitrogens is 2. The van der Waals surface area contributed by atoms with Crippen molar-refractivity contribution in [3.8, 4) is 0 Å². The second kappa shape index (κ2) is 21.7. The summed E-state index contributed by atoms with van der Waals surface area (Å²) < 4.78 is 55.9. The SMILES string of the molecule is C.CC(C)(C)OC(=O)N1CC(CCCN)CC1(C)C.Cc1ccc(Cl)nc1S(N)(=O)=O.Cc1ccc(NCCCC2CN(C(=O)OC(C)(C)C)C(C)(C)C2)nc1S(N)(=O)=O. The Bertz CT molecular complexity index is 1970. The summed E-state index contributed by atoms with van der Waals surface area (Å²) in [5.74, 6) is 1.43. The predicted molar refractivity (Wildman–Crippen MR) is 239 cm³/mol. The number of rotatable bonds is 10. The summed E-state index contributed by atoms with van der Waals surface area (Å²) in [6.07, 6.45) is 5.46. The number of aryl methyl sites for hydroxylation is 2. The molecular weight excluding hydrogens is 832 g/mol. The molecule has 19 heteroatoms. The summed E-state index contributed by atoms with van der Waals surface area (Å²) in [7, 11) is -7.59. The number of carbonyl (C=O) groups is 2. The summed E-state index contributed by atoms with van der Waals surface area (Å²) in [5.41, 5.74) is 5.28. The van der Waals surface area contributed by atoms with E-state index in [0.717, 1.165) is 51.6 Å². The smallest absolute Gasteiger partial charge is 0.410 e. The molecule has 0 radical (unpaired) electrons. The number of pyridine rings is 2. The fourth-order valence-corrected chi connectivity index (χ4v) is 8.81. The summed E-state index contributed by atoms with van der Waals surface area (Å²) >= 11 is 5.49. The molecule has 2 aromatic rings. The highest BCUT2D eigenvalue weighted by molar-refractivity contribution is 7.89. The molecule has 0 bridgehead atoms. The first-order valence-electron chi connectivity index (χ1n) is 19.9. The van der Waals surface area contributed by atoms with Crippen LogP contribution in [0.2, 0.25) is 5.15 Å². The molecule has 2 aromatic heterocycles. The summed E-state index contributed by atoms with van der Waals surface area (Å²) in [6.45, 7) is 25.8. The van der Waals surface area contributed by atoms with E-state index in [9.17, 15) is 26.4 Å². The van der Waals surface area contributed by atoms with E-state index in [4.69, 9.17) is 37.1 Å². The van der Waals surface area contributed by atoms with Crippen LogP contribution in [0, 0.1) is 25.7 Å². The number of nitrogens with one attached hydrogen (secondary N) is 1. The third kappa shape index (κ3) is 18.0. The van der Waals surface area contributed by atoms with E-state index >= 15 is 0 Å². The Morgan fingerprint density at radius 2 is 1.17 bits per heavy atom. The topological polar surface area (TPSA) is 243 Å². The highest BCUT2D eigenvalue weighted by Crippen LogP contribution is 2.37. The molecule has 2 unspecified atom stereocenters. The average molecular weight is 906 g/mol. The van der Waals surface area contributed by atoms with Crippen molar-refractivity contribution in [2.45, 2.75) is 161 Å². The van der Waals surface area contributed by atoms with Crippen molar-refractivity contribution < 1.29 is 35.9 Å². The van der Waals surface area contributed by atoms with Crippen molar-refractivity contribution in [2.24, 2.45) is 27.8 Å². The number of anilines is 1. The number of nitrogens with zero attached hydrogens (tertiary/aromatic N) is 4. The minimum atomic E-state index is -3.84. The average Bonchev–Trinajstić information content (AvgIpc) is 3.55. The molecule has 60 heavy (non-hydrogen) atoms. The molecule has 2 amide bonds. The lowest BCUT2D eigenvalue weighted by molar-refractivity contribution is 0.0118. The number of hydrogen-bond donors (Lipinski definition) is 4. The van der Waals surface area contributed by atoms with Crippen LogP contribution in [0.25, 0.3) is 0 Å². The van der Waals surface area contributed by atoms with Crippen LogP contribution in [-0.4, -0.2) is 97.2 Å². The summed E-state index contributed by atoms with van der Waals surface area (Å²) in [5, 5.41) is 13.1. The van der Waals surface area contributed by atoms with Crippen LogP contribution in [0.15, 0.2) is 34.3 Å². The van der Waals surface area contributed by atoms with Gasteiger partial charge in [-0.1, -0.05) is 31.2 Å². The minimum Gasteiger partial charge on any atom is -0.444 e. The molecule has 7 N–H and O–H groups in total. The quantitative estimate of drug-likeness (QED) is 0.135. The summed E-state index contributed by atoms with van der Waals surface area (Å²) in [4.78, 5) is 36.1. The molecule has 2 atom stereocenters. The molecule has 2 fully saturated rings. The van der Waals surface area contributed by atoms with Gasteiger partial charge in [-0.25, -0.2) is 46.7 Å². The maximum Gasteiger partial charge on any atom is 0.410 e. The first kappa shape index (κ1) is 54.7. The van der Waals surface area contributed by atoms with Gasteiger partial charge in [0.15, 0.2) is 10.1 Å². The third-order valence-electron chi connectivity index (χ3n) is 9.66. The number of hydrogen-bond acceptors (Lipinski definition) is 12. The molecule has 4 rings (SSSR count). The minimum absolute atomic E-state index is 0. The Hall–Kier alpha value is -3.29. The van der Waals surface area contributed by atoms with Crippen LogP contribution in [0.4, 0.5) is 15.4 Å². The van der Waals surface area contributed by atoms with Gasteiger partial charge in [-0.15, -0.1) is 0 Å². The number of halogens is 1. The molecule has 344 valence electrons. The highest BCUT2D eigenvalue weighted by Gasteiger charge is 2.43. The largest absolute Gasteiger partial charge is 0.444 e. The van der Waals surface area contributed by atoms with E-state index in [0.29, 0.717) is 41.9 Å². The zero-order valence-electron chi connectivity index (χ0n) is 37.0. The number of primary sulfonamides is 2. The molecule has 2 aliphatic heterocycles. The van der Waals surface area contributed by atoms with E-state index < -0.39 is 31.2 Å². The Kier molecular flexibility index (Phi) is 19.8.